The smallest absolute Gasteiger partial charge is 0.255 e. The Labute approximate surface area is 109 Å². The molecule has 0 saturated heterocycles. The minimum absolute atomic E-state index is 0.214. The van der Waals surface area contributed by atoms with E-state index in [-0.39, 0.29) is 17.1 Å². The molecule has 0 aliphatic carbocycles. The molecule has 0 radical (unpaired) electrons. The Hall–Kier alpha value is -1.33. The number of aliphatic hydroxyl groups is 1. The van der Waals surface area contributed by atoms with E-state index in [0.29, 0.717) is 12.8 Å². The largest absolute Gasteiger partial charge is 0.506 e. The predicted octanol–water partition coefficient (Wildman–Crippen LogP) is 2.08. The Balaban J connectivity index is 2.67. The monoisotopic (exact) mass is 275 g/mol. The Kier molecular flexibility index (Phi) is 5.37. The maximum absolute atomic E-state index is 13.1. The van der Waals surface area contributed by atoms with E-state index >= 15 is 0 Å². The highest BCUT2D eigenvalue weighted by molar-refractivity contribution is 6.32. The first-order valence-corrected chi connectivity index (χ1v) is 5.97. The lowest BCUT2D eigenvalue weighted by Crippen LogP contribution is -2.27. The summed E-state index contributed by atoms with van der Waals surface area (Å²) in [6.45, 7) is 2.06. The molecule has 0 spiro atoms. The lowest BCUT2D eigenvalue weighted by molar-refractivity contribution is 0.0939. The number of carbonyl (C=O) groups excluding carboxylic acids is 1. The van der Waals surface area contributed by atoms with Gasteiger partial charge in [-0.15, -0.1) is 0 Å². The van der Waals surface area contributed by atoms with Crippen molar-refractivity contribution in [3.63, 3.8) is 0 Å². The number of phenols is 1. The maximum Gasteiger partial charge on any atom is 0.255 e. The molecular weight excluding hydrogens is 261 g/mol. The van der Waals surface area contributed by atoms with Gasteiger partial charge >= 0.3 is 0 Å². The van der Waals surface area contributed by atoms with Gasteiger partial charge in [0.2, 0.25) is 0 Å². The molecule has 1 amide bonds. The molecule has 18 heavy (non-hydrogen) atoms. The lowest BCUT2D eigenvalue weighted by atomic mass is 10.1. The summed E-state index contributed by atoms with van der Waals surface area (Å²) in [4.78, 5) is 11.7. The zero-order valence-electron chi connectivity index (χ0n) is 9.91. The van der Waals surface area contributed by atoms with E-state index in [2.05, 4.69) is 5.32 Å². The van der Waals surface area contributed by atoms with Crippen molar-refractivity contribution in [2.75, 3.05) is 6.54 Å². The van der Waals surface area contributed by atoms with Gasteiger partial charge < -0.3 is 15.5 Å². The fourth-order valence-corrected chi connectivity index (χ4v) is 1.60. The number of halogens is 2. The highest BCUT2D eigenvalue weighted by Gasteiger charge is 2.15. The summed E-state index contributed by atoms with van der Waals surface area (Å²) in [7, 11) is 0. The van der Waals surface area contributed by atoms with E-state index in [1.54, 1.807) is 0 Å². The van der Waals surface area contributed by atoms with Crippen molar-refractivity contribution >= 4 is 17.5 Å². The number of aromatic hydroxyl groups is 1. The molecule has 0 bridgehead atoms. The molecule has 1 atom stereocenters. The Morgan fingerprint density at radius 1 is 1.56 bits per heavy atom. The van der Waals surface area contributed by atoms with Gasteiger partial charge in [-0.3, -0.25) is 4.79 Å². The third-order valence-electron chi connectivity index (χ3n) is 2.51. The quantitative estimate of drug-likeness (QED) is 0.770. The third kappa shape index (κ3) is 3.85. The van der Waals surface area contributed by atoms with Crippen molar-refractivity contribution in [1.29, 1.82) is 0 Å². The Bertz CT molecular complexity index is 440. The highest BCUT2D eigenvalue weighted by Crippen LogP contribution is 2.28. The van der Waals surface area contributed by atoms with Crippen LogP contribution in [0.15, 0.2) is 12.1 Å². The molecule has 1 aromatic rings. The molecule has 1 aromatic carbocycles. The van der Waals surface area contributed by atoms with Crippen LogP contribution in [0.3, 0.4) is 0 Å². The summed E-state index contributed by atoms with van der Waals surface area (Å²) in [6.07, 6.45) is 0.494. The van der Waals surface area contributed by atoms with Crippen LogP contribution in [-0.2, 0) is 0 Å². The lowest BCUT2D eigenvalue weighted by Gasteiger charge is -2.10. The SMILES string of the molecule is CCC(O)CCNC(=O)c1cc(F)cc(Cl)c1O. The van der Waals surface area contributed by atoms with Crippen LogP contribution in [0.1, 0.15) is 30.1 Å². The summed E-state index contributed by atoms with van der Waals surface area (Å²) in [5.74, 6) is -1.78. The number of hydrogen-bond acceptors (Lipinski definition) is 3. The van der Waals surface area contributed by atoms with Crippen molar-refractivity contribution in [2.24, 2.45) is 0 Å². The molecule has 4 nitrogen and oxygen atoms in total. The van der Waals surface area contributed by atoms with Gasteiger partial charge in [-0.25, -0.2) is 4.39 Å². The van der Waals surface area contributed by atoms with Gasteiger partial charge in [0.15, 0.2) is 0 Å². The number of benzene rings is 1. The second-order valence-electron chi connectivity index (χ2n) is 3.89. The topological polar surface area (TPSA) is 69.6 Å². The van der Waals surface area contributed by atoms with Gasteiger partial charge in [0.25, 0.3) is 5.91 Å². The second-order valence-corrected chi connectivity index (χ2v) is 4.30. The van der Waals surface area contributed by atoms with Crippen LogP contribution < -0.4 is 5.32 Å². The van der Waals surface area contributed by atoms with E-state index < -0.39 is 23.6 Å². The Morgan fingerprint density at radius 2 is 2.22 bits per heavy atom. The van der Waals surface area contributed by atoms with E-state index in [4.69, 9.17) is 11.6 Å². The van der Waals surface area contributed by atoms with Crippen LogP contribution in [-0.4, -0.2) is 28.8 Å². The fraction of sp³-hybridized carbons (Fsp3) is 0.417. The molecule has 0 saturated carbocycles. The van der Waals surface area contributed by atoms with Crippen LogP contribution in [0, 0.1) is 5.82 Å². The molecule has 0 aliphatic rings. The second kappa shape index (κ2) is 6.56. The number of phenolic OH excluding ortho intramolecular Hbond substituents is 1. The standard InChI is InChI=1S/C12H15ClFNO3/c1-2-8(16)3-4-15-12(18)9-5-7(14)6-10(13)11(9)17/h5-6,8,16-17H,2-4H2,1H3,(H,15,18). The number of nitrogens with one attached hydrogen (secondary N) is 1. The first-order chi connectivity index (χ1) is 8.45. The van der Waals surface area contributed by atoms with E-state index in [1.807, 2.05) is 6.92 Å². The molecule has 3 N–H and O–H groups in total. The molecule has 0 aliphatic heterocycles. The maximum atomic E-state index is 13.1. The van der Waals surface area contributed by atoms with E-state index in [1.165, 1.54) is 0 Å². The van der Waals surface area contributed by atoms with Crippen molar-refractivity contribution in [2.45, 2.75) is 25.9 Å². The van der Waals surface area contributed by atoms with Gasteiger partial charge in [0, 0.05) is 6.54 Å². The number of hydrogen-bond donors (Lipinski definition) is 3. The molecule has 6 heteroatoms. The normalized spacial score (nSPS) is 12.2. The van der Waals surface area contributed by atoms with Crippen LogP contribution in [0.2, 0.25) is 5.02 Å². The van der Waals surface area contributed by atoms with Gasteiger partial charge in [-0.1, -0.05) is 18.5 Å². The average molecular weight is 276 g/mol. The van der Waals surface area contributed by atoms with E-state index in [9.17, 15) is 19.4 Å². The summed E-state index contributed by atoms with van der Waals surface area (Å²) < 4.78 is 13.1. The zero-order valence-corrected chi connectivity index (χ0v) is 10.7. The zero-order chi connectivity index (χ0) is 13.7. The summed E-state index contributed by atoms with van der Waals surface area (Å²) in [5.41, 5.74) is -0.217. The Morgan fingerprint density at radius 3 is 2.83 bits per heavy atom. The molecule has 0 aromatic heterocycles. The highest BCUT2D eigenvalue weighted by atomic mass is 35.5. The van der Waals surface area contributed by atoms with E-state index in [0.717, 1.165) is 12.1 Å². The van der Waals surface area contributed by atoms with Crippen molar-refractivity contribution in [3.05, 3.63) is 28.5 Å². The molecule has 100 valence electrons. The first kappa shape index (κ1) is 14.7. The van der Waals surface area contributed by atoms with Crippen molar-refractivity contribution in [3.8, 4) is 5.75 Å². The molecular formula is C12H15ClFNO3. The van der Waals surface area contributed by atoms with Crippen molar-refractivity contribution < 1.29 is 19.4 Å². The van der Waals surface area contributed by atoms with Gasteiger partial charge in [0.05, 0.1) is 16.7 Å². The number of carbonyl (C=O) groups is 1. The van der Waals surface area contributed by atoms with Crippen molar-refractivity contribution in [1.82, 2.24) is 5.32 Å². The third-order valence-corrected chi connectivity index (χ3v) is 2.80. The number of amides is 1. The summed E-state index contributed by atoms with van der Waals surface area (Å²) in [5, 5.41) is 21.1. The minimum atomic E-state index is -0.698. The molecule has 0 heterocycles. The van der Waals surface area contributed by atoms with Gasteiger partial charge in [0.1, 0.15) is 11.6 Å². The van der Waals surface area contributed by atoms with Crippen LogP contribution in [0.4, 0.5) is 4.39 Å². The van der Waals surface area contributed by atoms with Crippen LogP contribution >= 0.6 is 11.6 Å². The molecule has 1 rings (SSSR count). The summed E-state index contributed by atoms with van der Waals surface area (Å²) in [6, 6.07) is 1.83. The van der Waals surface area contributed by atoms with Gasteiger partial charge in [-0.2, -0.15) is 0 Å². The molecule has 1 unspecified atom stereocenters. The predicted molar refractivity (Wildman–Crippen MR) is 66.3 cm³/mol. The minimum Gasteiger partial charge on any atom is -0.506 e. The fourth-order valence-electron chi connectivity index (χ4n) is 1.39. The number of rotatable bonds is 5. The summed E-state index contributed by atoms with van der Waals surface area (Å²) >= 11 is 5.56. The average Bonchev–Trinajstić information content (AvgIpc) is 2.33. The van der Waals surface area contributed by atoms with Crippen LogP contribution in [0.5, 0.6) is 5.75 Å². The molecule has 0 fully saturated rings. The van der Waals surface area contributed by atoms with Gasteiger partial charge in [-0.05, 0) is 25.0 Å². The first-order valence-electron chi connectivity index (χ1n) is 5.60. The number of aliphatic hydroxyl groups excluding tert-OH is 1. The van der Waals surface area contributed by atoms with Crippen LogP contribution in [0.25, 0.3) is 0 Å².